The number of piperidine rings is 1. The van der Waals surface area contributed by atoms with Gasteiger partial charge in [-0.2, -0.15) is 0 Å². The minimum absolute atomic E-state index is 0.0437. The number of fused-ring (bicyclic) bond motifs is 1. The van der Waals surface area contributed by atoms with Crippen molar-refractivity contribution in [3.63, 3.8) is 0 Å². The molecule has 0 bridgehead atoms. The number of hydrogen-bond acceptors (Lipinski definition) is 2. The van der Waals surface area contributed by atoms with Crippen molar-refractivity contribution in [1.29, 1.82) is 0 Å². The Morgan fingerprint density at radius 3 is 2.57 bits per heavy atom. The molecular weight excluding hydrogens is 268 g/mol. The summed E-state index contributed by atoms with van der Waals surface area (Å²) in [5, 5.41) is 9.05. The third-order valence-corrected chi connectivity index (χ3v) is 5.06. The van der Waals surface area contributed by atoms with Gasteiger partial charge in [-0.05, 0) is 38.5 Å². The standard InChI is InChI=1S/C16H28N2O3/c1-3-17(11-12(2)15(19)20)16(21)18-10-6-8-13-7-4-5-9-14(13)18/h12-14H,3-11H2,1-2H3,(H,19,20)/t12?,13-,14-/m1/s1. The predicted octanol–water partition coefficient (Wildman–Crippen LogP) is 2.80. The van der Waals surface area contributed by atoms with E-state index in [0.29, 0.717) is 25.0 Å². The molecule has 5 nitrogen and oxygen atoms in total. The second-order valence-electron chi connectivity index (χ2n) is 6.51. The van der Waals surface area contributed by atoms with Gasteiger partial charge >= 0.3 is 12.0 Å². The molecule has 2 fully saturated rings. The molecule has 2 aliphatic rings. The number of carboxylic acid groups (broad SMARTS) is 1. The van der Waals surface area contributed by atoms with E-state index in [0.717, 1.165) is 19.4 Å². The topological polar surface area (TPSA) is 60.9 Å². The van der Waals surface area contributed by atoms with Crippen LogP contribution in [0.2, 0.25) is 0 Å². The zero-order valence-electron chi connectivity index (χ0n) is 13.3. The van der Waals surface area contributed by atoms with Crippen LogP contribution in [0.15, 0.2) is 0 Å². The van der Waals surface area contributed by atoms with Crippen molar-refractivity contribution in [3.8, 4) is 0 Å². The molecule has 0 aromatic heterocycles. The Labute approximate surface area is 127 Å². The summed E-state index contributed by atoms with van der Waals surface area (Å²) >= 11 is 0. The molecule has 21 heavy (non-hydrogen) atoms. The summed E-state index contributed by atoms with van der Waals surface area (Å²) in [6, 6.07) is 0.427. The molecule has 1 saturated carbocycles. The molecule has 0 aromatic rings. The van der Waals surface area contributed by atoms with E-state index < -0.39 is 11.9 Å². The van der Waals surface area contributed by atoms with Crippen LogP contribution in [0.4, 0.5) is 4.79 Å². The molecule has 3 atom stereocenters. The van der Waals surface area contributed by atoms with Gasteiger partial charge in [0.25, 0.3) is 0 Å². The molecule has 2 amide bonds. The van der Waals surface area contributed by atoms with Crippen LogP contribution >= 0.6 is 0 Å². The number of likely N-dealkylation sites (tertiary alicyclic amines) is 1. The molecule has 1 aliphatic heterocycles. The molecule has 2 rings (SSSR count). The van der Waals surface area contributed by atoms with Gasteiger partial charge in [0, 0.05) is 25.7 Å². The Morgan fingerprint density at radius 1 is 1.24 bits per heavy atom. The maximum absolute atomic E-state index is 12.8. The number of urea groups is 1. The molecule has 1 N–H and O–H groups in total. The van der Waals surface area contributed by atoms with Gasteiger partial charge in [0.2, 0.25) is 0 Å². The van der Waals surface area contributed by atoms with Gasteiger partial charge in [-0.15, -0.1) is 0 Å². The van der Waals surface area contributed by atoms with Crippen molar-refractivity contribution in [3.05, 3.63) is 0 Å². The second-order valence-corrected chi connectivity index (χ2v) is 6.51. The number of hydrogen-bond donors (Lipinski definition) is 1. The highest BCUT2D eigenvalue weighted by Gasteiger charge is 2.37. The third-order valence-electron chi connectivity index (χ3n) is 5.06. The van der Waals surface area contributed by atoms with E-state index in [4.69, 9.17) is 5.11 Å². The Balaban J connectivity index is 2.03. The van der Waals surface area contributed by atoms with E-state index in [9.17, 15) is 9.59 Å². The van der Waals surface area contributed by atoms with Gasteiger partial charge in [-0.25, -0.2) is 4.79 Å². The summed E-state index contributed by atoms with van der Waals surface area (Å²) in [5.74, 6) is -0.691. The second kappa shape index (κ2) is 7.14. The fourth-order valence-corrected chi connectivity index (χ4v) is 3.80. The van der Waals surface area contributed by atoms with E-state index in [1.165, 1.54) is 25.7 Å². The summed E-state index contributed by atoms with van der Waals surface area (Å²) < 4.78 is 0. The summed E-state index contributed by atoms with van der Waals surface area (Å²) in [4.78, 5) is 27.6. The van der Waals surface area contributed by atoms with Crippen LogP contribution < -0.4 is 0 Å². The third kappa shape index (κ3) is 3.69. The van der Waals surface area contributed by atoms with E-state index in [2.05, 4.69) is 0 Å². The van der Waals surface area contributed by atoms with Crippen LogP contribution in [0.25, 0.3) is 0 Å². The van der Waals surface area contributed by atoms with Crippen LogP contribution in [-0.4, -0.2) is 52.6 Å². The van der Waals surface area contributed by atoms with Crippen molar-refractivity contribution >= 4 is 12.0 Å². The van der Waals surface area contributed by atoms with Crippen molar-refractivity contribution < 1.29 is 14.7 Å². The fourth-order valence-electron chi connectivity index (χ4n) is 3.80. The summed E-state index contributed by atoms with van der Waals surface area (Å²) in [6.07, 6.45) is 7.18. The highest BCUT2D eigenvalue weighted by atomic mass is 16.4. The first kappa shape index (κ1) is 16.1. The molecule has 120 valence electrons. The van der Waals surface area contributed by atoms with E-state index >= 15 is 0 Å². The highest BCUT2D eigenvalue weighted by Crippen LogP contribution is 2.35. The largest absolute Gasteiger partial charge is 0.481 e. The number of carbonyl (C=O) groups is 2. The monoisotopic (exact) mass is 296 g/mol. The van der Waals surface area contributed by atoms with Crippen LogP contribution in [0.3, 0.4) is 0 Å². The van der Waals surface area contributed by atoms with Crippen molar-refractivity contribution in [2.45, 2.75) is 58.4 Å². The van der Waals surface area contributed by atoms with E-state index in [1.807, 2.05) is 11.8 Å². The van der Waals surface area contributed by atoms with E-state index in [1.54, 1.807) is 11.8 Å². The quantitative estimate of drug-likeness (QED) is 0.867. The molecule has 5 heteroatoms. The molecule has 0 radical (unpaired) electrons. The molecule has 1 unspecified atom stereocenters. The lowest BCUT2D eigenvalue weighted by molar-refractivity contribution is -0.141. The zero-order valence-corrected chi connectivity index (χ0v) is 13.3. The number of amides is 2. The number of nitrogens with zero attached hydrogens (tertiary/aromatic N) is 2. The first-order valence-electron chi connectivity index (χ1n) is 8.33. The Hall–Kier alpha value is -1.26. The maximum Gasteiger partial charge on any atom is 0.320 e. The van der Waals surface area contributed by atoms with Gasteiger partial charge in [0.05, 0.1) is 5.92 Å². The average molecular weight is 296 g/mol. The Morgan fingerprint density at radius 2 is 1.90 bits per heavy atom. The van der Waals surface area contributed by atoms with Gasteiger partial charge in [0.15, 0.2) is 0 Å². The Kier molecular flexibility index (Phi) is 5.48. The minimum atomic E-state index is -0.838. The minimum Gasteiger partial charge on any atom is -0.481 e. The van der Waals surface area contributed by atoms with Gasteiger partial charge in [-0.3, -0.25) is 4.79 Å². The molecular formula is C16H28N2O3. The first-order chi connectivity index (χ1) is 10.0. The normalized spacial score (nSPS) is 26.9. The Bertz CT molecular complexity index is 384. The van der Waals surface area contributed by atoms with Crippen molar-refractivity contribution in [2.24, 2.45) is 11.8 Å². The lowest BCUT2D eigenvalue weighted by atomic mass is 9.78. The highest BCUT2D eigenvalue weighted by molar-refractivity contribution is 5.76. The van der Waals surface area contributed by atoms with Crippen molar-refractivity contribution in [2.75, 3.05) is 19.6 Å². The summed E-state index contributed by atoms with van der Waals surface area (Å²) in [6.45, 7) is 5.30. The van der Waals surface area contributed by atoms with E-state index in [-0.39, 0.29) is 6.03 Å². The zero-order chi connectivity index (χ0) is 15.4. The average Bonchev–Trinajstić information content (AvgIpc) is 2.51. The van der Waals surface area contributed by atoms with Crippen LogP contribution in [0.1, 0.15) is 52.4 Å². The van der Waals surface area contributed by atoms with Gasteiger partial charge < -0.3 is 14.9 Å². The first-order valence-corrected chi connectivity index (χ1v) is 8.33. The van der Waals surface area contributed by atoms with Crippen LogP contribution in [-0.2, 0) is 4.79 Å². The summed E-state index contributed by atoms with van der Waals surface area (Å²) in [5.41, 5.74) is 0. The molecule has 0 aromatic carbocycles. The number of carboxylic acids is 1. The molecule has 1 aliphatic carbocycles. The molecule has 0 spiro atoms. The molecule has 1 heterocycles. The number of aliphatic carboxylic acids is 1. The number of carbonyl (C=O) groups excluding carboxylic acids is 1. The predicted molar refractivity (Wildman–Crippen MR) is 81.1 cm³/mol. The van der Waals surface area contributed by atoms with Crippen LogP contribution in [0.5, 0.6) is 0 Å². The smallest absolute Gasteiger partial charge is 0.320 e. The SMILES string of the molecule is CCN(CC(C)C(=O)O)C(=O)N1CCC[C@H]2CCCC[C@H]21. The molecule has 1 saturated heterocycles. The van der Waals surface area contributed by atoms with Crippen molar-refractivity contribution in [1.82, 2.24) is 9.80 Å². The lowest BCUT2D eigenvalue weighted by Crippen LogP contribution is -2.55. The maximum atomic E-state index is 12.8. The lowest BCUT2D eigenvalue weighted by Gasteiger charge is -2.45. The number of rotatable bonds is 4. The summed E-state index contributed by atoms with van der Waals surface area (Å²) in [7, 11) is 0. The van der Waals surface area contributed by atoms with Crippen LogP contribution in [0, 0.1) is 11.8 Å². The van der Waals surface area contributed by atoms with Gasteiger partial charge in [-0.1, -0.05) is 19.8 Å². The fraction of sp³-hybridized carbons (Fsp3) is 0.875. The van der Waals surface area contributed by atoms with Gasteiger partial charge in [0.1, 0.15) is 0 Å².